The van der Waals surface area contributed by atoms with Gasteiger partial charge in [-0.05, 0) is 57.8 Å². The number of fused-ring (bicyclic) bond motifs is 2. The van der Waals surface area contributed by atoms with Crippen LogP contribution in [0.25, 0.3) is 0 Å². The van der Waals surface area contributed by atoms with Gasteiger partial charge >= 0.3 is 6.09 Å². The number of sulfonamides is 1. The maximum atomic E-state index is 12.9. The molecular weight excluding hydrogens is 380 g/mol. The van der Waals surface area contributed by atoms with Gasteiger partial charge in [0, 0.05) is 31.0 Å². The summed E-state index contributed by atoms with van der Waals surface area (Å²) in [7, 11) is -3.63. The summed E-state index contributed by atoms with van der Waals surface area (Å²) >= 11 is 0. The first-order valence-electron chi connectivity index (χ1n) is 10.3. The standard InChI is InChI=1S/C20H34N2O5S/c1-18(2,3)27-17(24)22-10-6-7-15(22)12-21-28(25,26)13-20-9-8-14(11-16(20)23)19(20,4)5/h14-15,21H,6-13H2,1-5H3/t14?,15-,20+/m0/s1. The molecule has 1 N–H and O–H groups in total. The second kappa shape index (κ2) is 6.97. The van der Waals surface area contributed by atoms with Crippen molar-refractivity contribution in [2.24, 2.45) is 16.7 Å². The molecule has 0 aromatic carbocycles. The highest BCUT2D eigenvalue weighted by Crippen LogP contribution is 2.64. The second-order valence-corrected chi connectivity index (χ2v) is 12.1. The van der Waals surface area contributed by atoms with E-state index in [-0.39, 0.29) is 35.5 Å². The lowest BCUT2D eigenvalue weighted by atomic mass is 9.70. The van der Waals surface area contributed by atoms with Crippen LogP contribution in [0.3, 0.4) is 0 Å². The van der Waals surface area contributed by atoms with Gasteiger partial charge in [0.25, 0.3) is 0 Å². The topological polar surface area (TPSA) is 92.8 Å². The van der Waals surface area contributed by atoms with Crippen molar-refractivity contribution in [3.8, 4) is 0 Å². The van der Waals surface area contributed by atoms with E-state index in [1.54, 1.807) is 4.90 Å². The fourth-order valence-corrected chi connectivity index (χ4v) is 7.19. The first-order valence-corrected chi connectivity index (χ1v) is 11.9. The highest BCUT2D eigenvalue weighted by molar-refractivity contribution is 7.89. The summed E-state index contributed by atoms with van der Waals surface area (Å²) < 4.78 is 33.9. The number of ether oxygens (including phenoxy) is 1. The Bertz CT molecular complexity index is 755. The normalized spacial score (nSPS) is 32.2. The number of ketones is 1. The summed E-state index contributed by atoms with van der Waals surface area (Å²) in [5.41, 5.74) is -1.64. The van der Waals surface area contributed by atoms with Gasteiger partial charge in [-0.25, -0.2) is 17.9 Å². The summed E-state index contributed by atoms with van der Waals surface area (Å²) in [6.07, 6.45) is 3.22. The van der Waals surface area contributed by atoms with Gasteiger partial charge in [0.1, 0.15) is 11.4 Å². The van der Waals surface area contributed by atoms with Crippen molar-refractivity contribution < 1.29 is 22.7 Å². The molecule has 3 atom stereocenters. The number of carbonyl (C=O) groups excluding carboxylic acids is 2. The molecule has 0 radical (unpaired) electrons. The molecule has 1 aliphatic heterocycles. The molecule has 1 unspecified atom stereocenters. The Morgan fingerprint density at radius 2 is 1.96 bits per heavy atom. The highest BCUT2D eigenvalue weighted by atomic mass is 32.2. The number of hydrogen-bond donors (Lipinski definition) is 1. The monoisotopic (exact) mass is 414 g/mol. The van der Waals surface area contributed by atoms with Gasteiger partial charge in [0.15, 0.2) is 0 Å². The fraction of sp³-hybridized carbons (Fsp3) is 0.900. The van der Waals surface area contributed by atoms with Crippen LogP contribution >= 0.6 is 0 Å². The minimum Gasteiger partial charge on any atom is -0.444 e. The summed E-state index contributed by atoms with van der Waals surface area (Å²) in [4.78, 5) is 26.6. The molecule has 3 rings (SSSR count). The molecule has 1 amide bonds. The number of carbonyl (C=O) groups is 2. The van der Waals surface area contributed by atoms with E-state index in [2.05, 4.69) is 4.72 Å². The lowest BCUT2D eigenvalue weighted by Gasteiger charge is -2.36. The van der Waals surface area contributed by atoms with Crippen LogP contribution in [0, 0.1) is 16.7 Å². The molecule has 2 saturated carbocycles. The number of rotatable bonds is 5. The van der Waals surface area contributed by atoms with E-state index >= 15 is 0 Å². The van der Waals surface area contributed by atoms with E-state index in [0.29, 0.717) is 19.4 Å². The van der Waals surface area contributed by atoms with Crippen molar-refractivity contribution in [1.29, 1.82) is 0 Å². The Kier molecular flexibility index (Phi) is 5.37. The quantitative estimate of drug-likeness (QED) is 0.747. The molecule has 7 nitrogen and oxygen atoms in total. The molecule has 2 aliphatic carbocycles. The van der Waals surface area contributed by atoms with E-state index in [9.17, 15) is 18.0 Å². The minimum absolute atomic E-state index is 0.0929. The Labute approximate surface area is 168 Å². The van der Waals surface area contributed by atoms with Gasteiger partial charge in [0.05, 0.1) is 5.75 Å². The van der Waals surface area contributed by atoms with Gasteiger partial charge in [0.2, 0.25) is 10.0 Å². The maximum absolute atomic E-state index is 12.9. The summed E-state index contributed by atoms with van der Waals surface area (Å²) in [6.45, 7) is 10.2. The Morgan fingerprint density at radius 1 is 1.29 bits per heavy atom. The molecule has 0 spiro atoms. The van der Waals surface area contributed by atoms with E-state index in [1.807, 2.05) is 34.6 Å². The van der Waals surface area contributed by atoms with Crippen molar-refractivity contribution in [2.45, 2.75) is 78.4 Å². The third kappa shape index (κ3) is 3.82. The zero-order valence-corrected chi connectivity index (χ0v) is 18.5. The third-order valence-corrected chi connectivity index (χ3v) is 8.60. The number of likely N-dealkylation sites (tertiary alicyclic amines) is 1. The molecule has 3 aliphatic rings. The van der Waals surface area contributed by atoms with Crippen LogP contribution in [0.4, 0.5) is 4.79 Å². The van der Waals surface area contributed by atoms with E-state index in [4.69, 9.17) is 4.74 Å². The van der Waals surface area contributed by atoms with Crippen molar-refractivity contribution in [3.05, 3.63) is 0 Å². The minimum atomic E-state index is -3.63. The average molecular weight is 415 g/mol. The highest BCUT2D eigenvalue weighted by Gasteiger charge is 2.65. The van der Waals surface area contributed by atoms with Crippen LogP contribution in [-0.2, 0) is 19.6 Å². The first kappa shape index (κ1) is 21.6. The van der Waals surface area contributed by atoms with E-state index in [0.717, 1.165) is 19.3 Å². The number of amides is 1. The molecule has 28 heavy (non-hydrogen) atoms. The molecule has 1 saturated heterocycles. The van der Waals surface area contributed by atoms with Gasteiger partial charge in [-0.1, -0.05) is 13.8 Å². The SMILES string of the molecule is CC(C)(C)OC(=O)N1CCC[C@H]1CNS(=O)(=O)C[C@]12CCC(CC1=O)C2(C)C. The number of hydrogen-bond acceptors (Lipinski definition) is 5. The molecule has 8 heteroatoms. The lowest BCUT2D eigenvalue weighted by molar-refractivity contribution is -0.128. The van der Waals surface area contributed by atoms with E-state index in [1.165, 1.54) is 0 Å². The third-order valence-electron chi connectivity index (χ3n) is 7.12. The molecule has 3 fully saturated rings. The van der Waals surface area contributed by atoms with Gasteiger partial charge in [-0.15, -0.1) is 0 Å². The molecule has 1 heterocycles. The predicted molar refractivity (Wildman–Crippen MR) is 106 cm³/mol. The molecule has 0 aromatic rings. The number of Topliss-reactive ketones (excluding diaryl/α,β-unsaturated/α-hetero) is 1. The molecule has 160 valence electrons. The van der Waals surface area contributed by atoms with Crippen LogP contribution < -0.4 is 4.72 Å². The lowest BCUT2D eigenvalue weighted by Crippen LogP contribution is -2.49. The van der Waals surface area contributed by atoms with Crippen LogP contribution in [0.1, 0.15) is 66.7 Å². The van der Waals surface area contributed by atoms with Crippen molar-refractivity contribution in [2.75, 3.05) is 18.8 Å². The summed E-state index contributed by atoms with van der Waals surface area (Å²) in [6, 6.07) is -0.217. The summed E-state index contributed by atoms with van der Waals surface area (Å²) in [5, 5.41) is 0. The number of nitrogens with zero attached hydrogens (tertiary/aromatic N) is 1. The van der Waals surface area contributed by atoms with Crippen molar-refractivity contribution in [3.63, 3.8) is 0 Å². The zero-order valence-electron chi connectivity index (χ0n) is 17.7. The second-order valence-electron chi connectivity index (χ2n) is 10.2. The zero-order chi connectivity index (χ0) is 21.0. The van der Waals surface area contributed by atoms with Crippen LogP contribution in [0.2, 0.25) is 0 Å². The van der Waals surface area contributed by atoms with Crippen LogP contribution in [0.5, 0.6) is 0 Å². The molecule has 0 aromatic heterocycles. The van der Waals surface area contributed by atoms with Crippen LogP contribution in [0.15, 0.2) is 0 Å². The average Bonchev–Trinajstić information content (AvgIpc) is 3.14. The number of nitrogens with one attached hydrogen (secondary N) is 1. The van der Waals surface area contributed by atoms with Crippen LogP contribution in [-0.4, -0.2) is 55.7 Å². The van der Waals surface area contributed by atoms with Gasteiger partial charge < -0.3 is 9.64 Å². The maximum Gasteiger partial charge on any atom is 0.410 e. The fourth-order valence-electron chi connectivity index (χ4n) is 5.32. The van der Waals surface area contributed by atoms with Gasteiger partial charge in [-0.3, -0.25) is 4.79 Å². The smallest absolute Gasteiger partial charge is 0.410 e. The van der Waals surface area contributed by atoms with Crippen molar-refractivity contribution in [1.82, 2.24) is 9.62 Å². The Balaban J connectivity index is 1.64. The largest absolute Gasteiger partial charge is 0.444 e. The van der Waals surface area contributed by atoms with E-state index < -0.39 is 27.1 Å². The molecule has 2 bridgehead atoms. The molecular formula is C20H34N2O5S. The Morgan fingerprint density at radius 3 is 2.50 bits per heavy atom. The first-order chi connectivity index (χ1) is 12.8. The summed E-state index contributed by atoms with van der Waals surface area (Å²) in [5.74, 6) is 0.227. The van der Waals surface area contributed by atoms with Crippen molar-refractivity contribution >= 4 is 21.9 Å². The van der Waals surface area contributed by atoms with Gasteiger partial charge in [-0.2, -0.15) is 0 Å². The Hall–Kier alpha value is -1.15. The predicted octanol–water partition coefficient (Wildman–Crippen LogP) is 2.70.